The number of hydrogen-bond donors (Lipinski definition) is 2. The van der Waals surface area contributed by atoms with Gasteiger partial charge in [-0.3, -0.25) is 9.59 Å². The van der Waals surface area contributed by atoms with Gasteiger partial charge in [-0.2, -0.15) is 13.2 Å². The number of carbonyl (C=O) groups is 2. The zero-order chi connectivity index (χ0) is 29.5. The van der Waals surface area contributed by atoms with Gasteiger partial charge in [0.25, 0.3) is 11.8 Å². The number of halogens is 4. The van der Waals surface area contributed by atoms with E-state index in [0.717, 1.165) is 17.2 Å². The molecular weight excluding hydrogens is 579 g/mol. The number of amides is 2. The van der Waals surface area contributed by atoms with Gasteiger partial charge in [-0.05, 0) is 66.9 Å². The van der Waals surface area contributed by atoms with Crippen molar-refractivity contribution in [2.24, 2.45) is 5.73 Å². The Morgan fingerprint density at radius 2 is 1.80 bits per heavy atom. The number of carbonyl (C=O) groups excluding carboxylic acids is 2. The number of aromatic nitrogens is 1. The number of nitrogens with one attached hydrogen (secondary N) is 1. The van der Waals surface area contributed by atoms with Crippen LogP contribution in [-0.4, -0.2) is 16.8 Å². The highest BCUT2D eigenvalue weighted by Gasteiger charge is 2.35. The summed E-state index contributed by atoms with van der Waals surface area (Å²) in [6, 6.07) is 15.8. The van der Waals surface area contributed by atoms with Crippen LogP contribution in [0.1, 0.15) is 42.8 Å². The first-order chi connectivity index (χ1) is 19.4. The van der Waals surface area contributed by atoms with Crippen molar-refractivity contribution in [3.05, 3.63) is 98.9 Å². The first-order valence-electron chi connectivity index (χ1n) is 12.1. The number of fused-ring (bicyclic) bond motifs is 1. The van der Waals surface area contributed by atoms with E-state index < -0.39 is 23.7 Å². The number of pyridine rings is 1. The topological polar surface area (TPSA) is 107 Å². The monoisotopic (exact) mass is 599 g/mol. The van der Waals surface area contributed by atoms with Crippen LogP contribution in [0.25, 0.3) is 21.3 Å². The predicted octanol–water partition coefficient (Wildman–Crippen LogP) is 7.78. The summed E-state index contributed by atoms with van der Waals surface area (Å²) >= 11 is 6.64. The normalized spacial score (nSPS) is 11.6. The molecule has 0 aliphatic rings. The zero-order valence-corrected chi connectivity index (χ0v) is 23.1. The Hall–Kier alpha value is -4.35. The molecule has 7 nitrogen and oxygen atoms in total. The molecule has 3 aromatic heterocycles. The third-order valence-corrected chi connectivity index (χ3v) is 7.50. The molecule has 0 fully saturated rings. The van der Waals surface area contributed by atoms with Crippen LogP contribution in [0.15, 0.2) is 65.1 Å². The van der Waals surface area contributed by atoms with E-state index in [4.69, 9.17) is 26.5 Å². The number of ether oxygens (including phenoxy) is 1. The zero-order valence-electron chi connectivity index (χ0n) is 21.6. The Balaban J connectivity index is 1.51. The van der Waals surface area contributed by atoms with Crippen molar-refractivity contribution < 1.29 is 31.9 Å². The Kier molecular flexibility index (Phi) is 7.50. The summed E-state index contributed by atoms with van der Waals surface area (Å²) in [5.74, 6) is -0.856. The van der Waals surface area contributed by atoms with Gasteiger partial charge < -0.3 is 20.2 Å². The van der Waals surface area contributed by atoms with Gasteiger partial charge in [0.1, 0.15) is 33.5 Å². The van der Waals surface area contributed by atoms with Gasteiger partial charge in [0.15, 0.2) is 5.76 Å². The van der Waals surface area contributed by atoms with Gasteiger partial charge >= 0.3 is 6.18 Å². The van der Waals surface area contributed by atoms with E-state index in [2.05, 4.69) is 10.3 Å². The molecule has 5 aromatic rings. The number of nitrogens with two attached hydrogens (primary N) is 1. The molecule has 0 aliphatic carbocycles. The molecule has 0 aliphatic heterocycles. The lowest BCUT2D eigenvalue weighted by molar-refractivity contribution is -0.140. The van der Waals surface area contributed by atoms with Crippen LogP contribution in [0.3, 0.4) is 0 Å². The fourth-order valence-corrected chi connectivity index (χ4v) is 5.41. The molecule has 41 heavy (non-hydrogen) atoms. The fraction of sp³-hybridized carbons (Fsp3) is 0.138. The van der Waals surface area contributed by atoms with Crippen molar-refractivity contribution >= 4 is 50.7 Å². The van der Waals surface area contributed by atoms with Gasteiger partial charge in [0.2, 0.25) is 0 Å². The molecule has 3 N–H and O–H groups in total. The summed E-state index contributed by atoms with van der Waals surface area (Å²) in [5, 5.41) is 3.34. The number of anilines is 1. The Bertz CT molecular complexity index is 1800. The minimum absolute atomic E-state index is 0.0192. The van der Waals surface area contributed by atoms with Crippen molar-refractivity contribution in [1.82, 2.24) is 4.98 Å². The molecule has 5 rings (SSSR count). The van der Waals surface area contributed by atoms with E-state index in [9.17, 15) is 22.8 Å². The van der Waals surface area contributed by atoms with Crippen LogP contribution in [-0.2, 0) is 12.8 Å². The first-order valence-corrected chi connectivity index (χ1v) is 13.3. The van der Waals surface area contributed by atoms with Crippen LogP contribution >= 0.6 is 22.9 Å². The third kappa shape index (κ3) is 5.91. The molecule has 0 saturated carbocycles. The second-order valence-corrected chi connectivity index (χ2v) is 10.6. The van der Waals surface area contributed by atoms with Crippen molar-refractivity contribution in [3.63, 3.8) is 0 Å². The van der Waals surface area contributed by atoms with Gasteiger partial charge in [0, 0.05) is 10.4 Å². The van der Waals surface area contributed by atoms with Crippen molar-refractivity contribution in [3.8, 4) is 16.9 Å². The molecule has 12 heteroatoms. The molecule has 3 heterocycles. The number of furan rings is 1. The Morgan fingerprint density at radius 3 is 2.46 bits per heavy atom. The summed E-state index contributed by atoms with van der Waals surface area (Å²) in [4.78, 5) is 29.1. The largest absolute Gasteiger partial charge is 0.485 e. The van der Waals surface area contributed by atoms with Gasteiger partial charge in [-0.1, -0.05) is 41.4 Å². The number of rotatable bonds is 7. The number of nitrogens with zero attached hydrogens (tertiary/aromatic N) is 1. The van der Waals surface area contributed by atoms with Gasteiger partial charge in [0.05, 0.1) is 5.69 Å². The predicted molar refractivity (Wildman–Crippen MR) is 150 cm³/mol. The molecule has 0 saturated heterocycles. The standard InChI is InChI=1S/C29H21ClF3N3O4S/c1-14-3-5-16(6-4-14)19-12-22(29(31,32)33)35-28-23(19)24(25(41-28)26(34)37)36-27(38)21-10-8-18(40-21)13-39-20-9-7-17(30)11-15(20)2/h3-12H,13H2,1-2H3,(H2,34,37)(H,36,38). The molecule has 210 valence electrons. The maximum absolute atomic E-state index is 13.7. The number of primary amides is 1. The second-order valence-electron chi connectivity index (χ2n) is 9.19. The minimum Gasteiger partial charge on any atom is -0.485 e. The number of thiophene rings is 1. The van der Waals surface area contributed by atoms with Crippen molar-refractivity contribution in [1.29, 1.82) is 0 Å². The first kappa shape index (κ1) is 28.2. The Morgan fingerprint density at radius 1 is 1.07 bits per heavy atom. The average molecular weight is 600 g/mol. The molecular formula is C29H21ClF3N3O4S. The summed E-state index contributed by atoms with van der Waals surface area (Å²) in [6.45, 7) is 3.69. The molecule has 0 bridgehead atoms. The van der Waals surface area contributed by atoms with Crippen LogP contribution in [0, 0.1) is 13.8 Å². The maximum atomic E-state index is 13.7. The highest BCUT2D eigenvalue weighted by Crippen LogP contribution is 2.44. The summed E-state index contributed by atoms with van der Waals surface area (Å²) < 4.78 is 52.6. The molecule has 2 amide bonds. The third-order valence-electron chi connectivity index (χ3n) is 6.17. The highest BCUT2D eigenvalue weighted by molar-refractivity contribution is 7.21. The minimum atomic E-state index is -4.74. The van der Waals surface area contributed by atoms with Crippen molar-refractivity contribution in [2.75, 3.05) is 5.32 Å². The number of aryl methyl sites for hydroxylation is 2. The number of benzene rings is 2. The van der Waals surface area contributed by atoms with E-state index in [0.29, 0.717) is 33.4 Å². The number of hydrogen-bond acceptors (Lipinski definition) is 6. The van der Waals surface area contributed by atoms with E-state index in [1.54, 1.807) is 48.5 Å². The lowest BCUT2D eigenvalue weighted by Gasteiger charge is -2.12. The maximum Gasteiger partial charge on any atom is 0.433 e. The average Bonchev–Trinajstić information content (AvgIpc) is 3.53. The van der Waals surface area contributed by atoms with Crippen LogP contribution in [0.4, 0.5) is 18.9 Å². The van der Waals surface area contributed by atoms with E-state index >= 15 is 0 Å². The molecule has 0 atom stereocenters. The van der Waals surface area contributed by atoms with Crippen LogP contribution in [0.2, 0.25) is 5.02 Å². The van der Waals surface area contributed by atoms with Crippen LogP contribution < -0.4 is 15.8 Å². The molecule has 0 spiro atoms. The van der Waals surface area contributed by atoms with Crippen molar-refractivity contribution in [2.45, 2.75) is 26.6 Å². The Labute approximate surface area is 240 Å². The van der Waals surface area contributed by atoms with Gasteiger partial charge in [-0.15, -0.1) is 11.3 Å². The summed E-state index contributed by atoms with van der Waals surface area (Å²) in [5.41, 5.74) is 6.67. The summed E-state index contributed by atoms with van der Waals surface area (Å²) in [7, 11) is 0. The molecule has 0 radical (unpaired) electrons. The second kappa shape index (κ2) is 10.9. The highest BCUT2D eigenvalue weighted by atomic mass is 35.5. The van der Waals surface area contributed by atoms with E-state index in [-0.39, 0.29) is 38.7 Å². The SMILES string of the molecule is Cc1ccc(-c2cc(C(F)(F)F)nc3sc(C(N)=O)c(NC(=O)c4ccc(COc5ccc(Cl)cc5C)o4)c23)cc1. The lowest BCUT2D eigenvalue weighted by Crippen LogP contribution is -2.16. The smallest absolute Gasteiger partial charge is 0.433 e. The van der Waals surface area contributed by atoms with E-state index in [1.807, 2.05) is 13.8 Å². The summed E-state index contributed by atoms with van der Waals surface area (Å²) in [6.07, 6.45) is -4.74. The van der Waals surface area contributed by atoms with E-state index in [1.165, 1.54) is 6.07 Å². The molecule has 0 unspecified atom stereocenters. The number of alkyl halides is 3. The van der Waals surface area contributed by atoms with Crippen LogP contribution in [0.5, 0.6) is 5.75 Å². The van der Waals surface area contributed by atoms with Gasteiger partial charge in [-0.25, -0.2) is 4.98 Å². The molecule has 2 aromatic carbocycles. The quantitative estimate of drug-likeness (QED) is 0.199. The lowest BCUT2D eigenvalue weighted by atomic mass is 10.00. The fourth-order valence-electron chi connectivity index (χ4n) is 4.17.